The summed E-state index contributed by atoms with van der Waals surface area (Å²) in [5.41, 5.74) is 1.18. The number of halogens is 2. The minimum Gasteiger partial charge on any atom is -0.465 e. The number of aromatic amines is 1. The van der Waals surface area contributed by atoms with Crippen molar-refractivity contribution in [1.82, 2.24) is 9.97 Å². The lowest BCUT2D eigenvalue weighted by Gasteiger charge is -2.11. The van der Waals surface area contributed by atoms with Crippen LogP contribution in [0.3, 0.4) is 0 Å². The van der Waals surface area contributed by atoms with E-state index in [-0.39, 0.29) is 33.3 Å². The van der Waals surface area contributed by atoms with E-state index in [1.54, 1.807) is 18.2 Å². The van der Waals surface area contributed by atoms with Crippen molar-refractivity contribution in [2.24, 2.45) is 0 Å². The molecular weight excluding hydrogens is 439 g/mol. The number of ketones is 1. The fourth-order valence-corrected chi connectivity index (χ4v) is 3.30. The molecule has 0 atom stereocenters. The van der Waals surface area contributed by atoms with Gasteiger partial charge in [-0.2, -0.15) is 0 Å². The van der Waals surface area contributed by atoms with Crippen LogP contribution in [0.1, 0.15) is 26.3 Å². The van der Waals surface area contributed by atoms with E-state index in [9.17, 15) is 18.8 Å². The minimum atomic E-state index is -1.28. The highest BCUT2D eigenvalue weighted by Gasteiger charge is 2.20. The van der Waals surface area contributed by atoms with Crippen LogP contribution in [0.25, 0.3) is 11.0 Å². The molecule has 3 aromatic carbocycles. The van der Waals surface area contributed by atoms with Crippen LogP contribution in [0, 0.1) is 5.82 Å². The van der Waals surface area contributed by atoms with Crippen molar-refractivity contribution >= 4 is 52.1 Å². The number of aromatic nitrogens is 2. The van der Waals surface area contributed by atoms with Crippen molar-refractivity contribution in [1.29, 1.82) is 0 Å². The van der Waals surface area contributed by atoms with Crippen molar-refractivity contribution in [2.75, 3.05) is 10.6 Å². The highest BCUT2D eigenvalue weighted by atomic mass is 35.5. The fourth-order valence-electron chi connectivity index (χ4n) is 3.13. The Morgan fingerprint density at radius 1 is 0.969 bits per heavy atom. The molecule has 0 spiro atoms. The Balaban J connectivity index is 1.65. The maximum absolute atomic E-state index is 14.0. The summed E-state index contributed by atoms with van der Waals surface area (Å²) in [4.78, 5) is 43.6. The molecule has 0 saturated carbocycles. The van der Waals surface area contributed by atoms with Crippen LogP contribution >= 0.6 is 11.6 Å². The van der Waals surface area contributed by atoms with Crippen molar-refractivity contribution in [3.05, 3.63) is 88.2 Å². The molecule has 8 nitrogen and oxygen atoms in total. The molecule has 0 aliphatic heterocycles. The summed E-state index contributed by atoms with van der Waals surface area (Å²) in [6.07, 6.45) is -1.28. The lowest BCUT2D eigenvalue weighted by Crippen LogP contribution is -2.17. The molecule has 2 amide bonds. The number of imidazole rings is 1. The SMILES string of the molecule is O=C(O)Nc1nc2ccc(C(=O)c3ccccc3C(=O)Nc3cc(Cl)ccc3F)cc2[nH]1. The summed E-state index contributed by atoms with van der Waals surface area (Å²) in [5.74, 6) is -1.78. The average molecular weight is 453 g/mol. The Kier molecular flexibility index (Phi) is 5.57. The predicted octanol–water partition coefficient (Wildman–Crippen LogP) is 4.93. The van der Waals surface area contributed by atoms with Gasteiger partial charge in [0.15, 0.2) is 5.78 Å². The normalized spacial score (nSPS) is 10.7. The number of nitrogens with zero attached hydrogens (tertiary/aromatic N) is 1. The largest absolute Gasteiger partial charge is 0.465 e. The predicted molar refractivity (Wildman–Crippen MR) is 117 cm³/mol. The van der Waals surface area contributed by atoms with Crippen LogP contribution in [-0.2, 0) is 0 Å². The van der Waals surface area contributed by atoms with Gasteiger partial charge in [-0.3, -0.25) is 14.9 Å². The molecule has 160 valence electrons. The molecule has 0 radical (unpaired) electrons. The number of amides is 2. The standard InChI is InChI=1S/C22H14ClFN4O4/c23-12-6-7-15(24)17(10-12)25-20(30)14-4-2-1-3-13(14)19(29)11-5-8-16-18(9-11)27-21(26-16)28-22(31)32/h1-10H,(H,25,30)(H,31,32)(H2,26,27,28). The average Bonchev–Trinajstić information content (AvgIpc) is 3.16. The van der Waals surface area contributed by atoms with E-state index in [0.29, 0.717) is 11.0 Å². The first kappa shape index (κ1) is 21.0. The third-order valence-electron chi connectivity index (χ3n) is 4.56. The lowest BCUT2D eigenvalue weighted by atomic mass is 9.97. The molecular formula is C22H14ClFN4O4. The van der Waals surface area contributed by atoms with Crippen LogP contribution in [-0.4, -0.2) is 32.9 Å². The highest BCUT2D eigenvalue weighted by Crippen LogP contribution is 2.23. The summed E-state index contributed by atoms with van der Waals surface area (Å²) >= 11 is 5.87. The zero-order chi connectivity index (χ0) is 22.8. The van der Waals surface area contributed by atoms with Gasteiger partial charge in [0.05, 0.1) is 22.3 Å². The maximum atomic E-state index is 14.0. The molecule has 4 aromatic rings. The molecule has 0 aliphatic rings. The maximum Gasteiger partial charge on any atom is 0.411 e. The van der Waals surface area contributed by atoms with Gasteiger partial charge < -0.3 is 15.4 Å². The molecule has 0 aliphatic carbocycles. The highest BCUT2D eigenvalue weighted by molar-refractivity contribution is 6.31. The van der Waals surface area contributed by atoms with Gasteiger partial charge in [0, 0.05) is 16.1 Å². The van der Waals surface area contributed by atoms with Gasteiger partial charge in [-0.25, -0.2) is 14.2 Å². The number of benzene rings is 3. The number of nitrogens with one attached hydrogen (secondary N) is 3. The second kappa shape index (κ2) is 8.48. The molecule has 1 aromatic heterocycles. The summed E-state index contributed by atoms with van der Waals surface area (Å²) in [7, 11) is 0. The van der Waals surface area contributed by atoms with Gasteiger partial charge in [-0.05, 0) is 42.5 Å². The quantitative estimate of drug-likeness (QED) is 0.320. The van der Waals surface area contributed by atoms with Crippen LogP contribution < -0.4 is 10.6 Å². The topological polar surface area (TPSA) is 124 Å². The summed E-state index contributed by atoms with van der Waals surface area (Å²) in [6, 6.07) is 14.5. The number of fused-ring (bicyclic) bond motifs is 1. The van der Waals surface area contributed by atoms with E-state index in [2.05, 4.69) is 20.6 Å². The van der Waals surface area contributed by atoms with E-state index in [0.717, 1.165) is 6.07 Å². The molecule has 0 fully saturated rings. The van der Waals surface area contributed by atoms with Crippen LogP contribution in [0.5, 0.6) is 0 Å². The Labute approximate surface area is 185 Å². The molecule has 0 bridgehead atoms. The van der Waals surface area contributed by atoms with Crippen LogP contribution in [0.15, 0.2) is 60.7 Å². The fraction of sp³-hybridized carbons (Fsp3) is 0. The second-order valence-corrected chi connectivity index (χ2v) is 7.14. The first-order valence-electron chi connectivity index (χ1n) is 9.21. The number of carbonyl (C=O) groups excluding carboxylic acids is 2. The Bertz CT molecular complexity index is 1390. The number of anilines is 2. The van der Waals surface area contributed by atoms with E-state index >= 15 is 0 Å². The zero-order valence-corrected chi connectivity index (χ0v) is 16.9. The molecule has 4 rings (SSSR count). The van der Waals surface area contributed by atoms with Gasteiger partial charge in [0.2, 0.25) is 5.95 Å². The Hall–Kier alpha value is -4.24. The molecule has 32 heavy (non-hydrogen) atoms. The summed E-state index contributed by atoms with van der Waals surface area (Å²) in [5, 5.41) is 13.6. The first-order valence-corrected chi connectivity index (χ1v) is 9.59. The number of hydrogen-bond donors (Lipinski definition) is 4. The minimum absolute atomic E-state index is 0.0143. The molecule has 4 N–H and O–H groups in total. The molecule has 10 heteroatoms. The number of carbonyl (C=O) groups is 3. The molecule has 0 unspecified atom stereocenters. The van der Waals surface area contributed by atoms with E-state index in [1.807, 2.05) is 0 Å². The second-order valence-electron chi connectivity index (χ2n) is 6.70. The van der Waals surface area contributed by atoms with Gasteiger partial charge in [-0.1, -0.05) is 29.8 Å². The van der Waals surface area contributed by atoms with E-state index < -0.39 is 23.6 Å². The lowest BCUT2D eigenvalue weighted by molar-refractivity contribution is 0.0996. The van der Waals surface area contributed by atoms with Crippen molar-refractivity contribution < 1.29 is 23.9 Å². The third-order valence-corrected chi connectivity index (χ3v) is 4.80. The molecule has 1 heterocycles. The Morgan fingerprint density at radius 3 is 2.47 bits per heavy atom. The number of carboxylic acid groups (broad SMARTS) is 1. The van der Waals surface area contributed by atoms with Gasteiger partial charge >= 0.3 is 6.09 Å². The number of hydrogen-bond acceptors (Lipinski definition) is 4. The van der Waals surface area contributed by atoms with Gasteiger partial charge in [0.1, 0.15) is 5.82 Å². The molecule has 0 saturated heterocycles. The summed E-state index contributed by atoms with van der Waals surface area (Å²) in [6.45, 7) is 0. The van der Waals surface area contributed by atoms with Crippen LogP contribution in [0.2, 0.25) is 5.02 Å². The van der Waals surface area contributed by atoms with Gasteiger partial charge in [-0.15, -0.1) is 0 Å². The van der Waals surface area contributed by atoms with Gasteiger partial charge in [0.25, 0.3) is 5.91 Å². The van der Waals surface area contributed by atoms with Crippen LogP contribution in [0.4, 0.5) is 20.8 Å². The van der Waals surface area contributed by atoms with E-state index in [1.165, 1.54) is 36.4 Å². The smallest absolute Gasteiger partial charge is 0.411 e. The zero-order valence-electron chi connectivity index (χ0n) is 16.1. The summed E-state index contributed by atoms with van der Waals surface area (Å²) < 4.78 is 14.0. The van der Waals surface area contributed by atoms with E-state index in [4.69, 9.17) is 16.7 Å². The third kappa shape index (κ3) is 4.28. The van der Waals surface area contributed by atoms with Crippen molar-refractivity contribution in [3.63, 3.8) is 0 Å². The number of rotatable bonds is 5. The Morgan fingerprint density at radius 2 is 1.72 bits per heavy atom. The monoisotopic (exact) mass is 452 g/mol. The first-order chi connectivity index (χ1) is 15.3. The van der Waals surface area contributed by atoms with Crippen molar-refractivity contribution in [2.45, 2.75) is 0 Å². The van der Waals surface area contributed by atoms with Crippen molar-refractivity contribution in [3.8, 4) is 0 Å². The number of H-pyrrole nitrogens is 1.